The Labute approximate surface area is 126 Å². The lowest BCUT2D eigenvalue weighted by Crippen LogP contribution is -2.24. The summed E-state index contributed by atoms with van der Waals surface area (Å²) in [4.78, 5) is 0. The van der Waals surface area contributed by atoms with Gasteiger partial charge in [0.1, 0.15) is 11.4 Å². The molecule has 4 heteroatoms. The van der Waals surface area contributed by atoms with E-state index >= 15 is 0 Å². The van der Waals surface area contributed by atoms with Gasteiger partial charge in [0.2, 0.25) is 0 Å². The van der Waals surface area contributed by atoms with E-state index in [2.05, 4.69) is 49.4 Å². The summed E-state index contributed by atoms with van der Waals surface area (Å²) in [7, 11) is 1.96. The predicted octanol–water partition coefficient (Wildman–Crippen LogP) is 3.31. The zero-order valence-corrected chi connectivity index (χ0v) is 13.2. The molecular weight excluding hydrogens is 262 g/mol. The van der Waals surface area contributed by atoms with Crippen LogP contribution in [0.5, 0.6) is 5.75 Å². The fourth-order valence-electron chi connectivity index (χ4n) is 2.91. The minimum Gasteiger partial charge on any atom is -0.487 e. The number of nitrogens with one attached hydrogen (secondary N) is 1. The molecule has 1 aromatic carbocycles. The van der Waals surface area contributed by atoms with E-state index in [9.17, 15) is 0 Å². The summed E-state index contributed by atoms with van der Waals surface area (Å²) in [5.74, 6) is 1.03. The normalized spacial score (nSPS) is 15.6. The largest absolute Gasteiger partial charge is 0.487 e. The van der Waals surface area contributed by atoms with Gasteiger partial charge in [-0.05, 0) is 37.5 Å². The summed E-state index contributed by atoms with van der Waals surface area (Å²) in [6.45, 7) is 7.21. The number of benzene rings is 1. The first kappa shape index (κ1) is 14.0. The van der Waals surface area contributed by atoms with Crippen LogP contribution in [0.1, 0.15) is 37.6 Å². The molecule has 0 amide bonds. The number of aryl methyl sites for hydroxylation is 2. The van der Waals surface area contributed by atoms with Crippen LogP contribution in [0, 0.1) is 0 Å². The van der Waals surface area contributed by atoms with Gasteiger partial charge in [-0.3, -0.25) is 4.68 Å². The first-order valence-corrected chi connectivity index (χ1v) is 7.54. The first-order chi connectivity index (χ1) is 9.97. The Hall–Kier alpha value is -1.97. The topological polar surface area (TPSA) is 39.1 Å². The van der Waals surface area contributed by atoms with E-state index in [1.54, 1.807) is 0 Å². The Morgan fingerprint density at radius 1 is 1.38 bits per heavy atom. The van der Waals surface area contributed by atoms with E-state index in [0.29, 0.717) is 0 Å². The van der Waals surface area contributed by atoms with Crippen LogP contribution in [0.3, 0.4) is 0 Å². The average Bonchev–Trinajstić information content (AvgIpc) is 2.93. The van der Waals surface area contributed by atoms with Gasteiger partial charge in [0.15, 0.2) is 0 Å². The molecule has 3 rings (SSSR count). The highest BCUT2D eigenvalue weighted by atomic mass is 16.5. The van der Waals surface area contributed by atoms with Crippen molar-refractivity contribution in [2.75, 3.05) is 5.32 Å². The van der Waals surface area contributed by atoms with Gasteiger partial charge >= 0.3 is 0 Å². The van der Waals surface area contributed by atoms with Crippen molar-refractivity contribution < 1.29 is 4.74 Å². The number of hydrogen-bond donors (Lipinski definition) is 1. The minimum atomic E-state index is -0.0763. The van der Waals surface area contributed by atoms with Gasteiger partial charge in [-0.1, -0.05) is 19.1 Å². The van der Waals surface area contributed by atoms with Crippen molar-refractivity contribution in [2.24, 2.45) is 7.05 Å². The fraction of sp³-hybridized carbons (Fsp3) is 0.471. The summed E-state index contributed by atoms with van der Waals surface area (Å²) in [6, 6.07) is 6.47. The molecule has 0 aliphatic carbocycles. The minimum absolute atomic E-state index is 0.0763. The van der Waals surface area contributed by atoms with E-state index in [1.165, 1.54) is 11.1 Å². The van der Waals surface area contributed by atoms with E-state index in [-0.39, 0.29) is 5.60 Å². The summed E-state index contributed by atoms with van der Waals surface area (Å²) in [5.41, 5.74) is 4.75. The number of hydrogen-bond acceptors (Lipinski definition) is 3. The number of ether oxygens (including phenoxy) is 1. The molecule has 0 atom stereocenters. The van der Waals surface area contributed by atoms with Crippen LogP contribution in [0.4, 0.5) is 5.69 Å². The van der Waals surface area contributed by atoms with Crippen LogP contribution in [0.15, 0.2) is 24.4 Å². The van der Waals surface area contributed by atoms with E-state index < -0.39 is 0 Å². The molecule has 0 fully saturated rings. The van der Waals surface area contributed by atoms with Crippen molar-refractivity contribution in [1.82, 2.24) is 9.78 Å². The smallest absolute Gasteiger partial charge is 0.123 e. The van der Waals surface area contributed by atoms with E-state index in [4.69, 9.17) is 4.74 Å². The lowest BCUT2D eigenvalue weighted by molar-refractivity contribution is 0.138. The zero-order valence-electron chi connectivity index (χ0n) is 13.2. The molecular formula is C17H23N3O. The molecule has 0 saturated heterocycles. The maximum atomic E-state index is 5.92. The second-order valence-corrected chi connectivity index (χ2v) is 6.35. The van der Waals surface area contributed by atoms with Gasteiger partial charge < -0.3 is 10.1 Å². The second-order valence-electron chi connectivity index (χ2n) is 6.35. The van der Waals surface area contributed by atoms with Crippen LogP contribution < -0.4 is 10.1 Å². The van der Waals surface area contributed by atoms with E-state index in [0.717, 1.165) is 36.5 Å². The number of fused-ring (bicyclic) bond motifs is 1. The SMILES string of the molecule is CCc1nn(C)cc1NCc1ccc2c(c1)CC(C)(C)O2. The molecule has 0 bridgehead atoms. The van der Waals surface area contributed by atoms with Gasteiger partial charge in [0.25, 0.3) is 0 Å². The van der Waals surface area contributed by atoms with Crippen LogP contribution in [-0.2, 0) is 26.4 Å². The molecule has 0 saturated carbocycles. The highest BCUT2D eigenvalue weighted by Gasteiger charge is 2.29. The van der Waals surface area contributed by atoms with Crippen LogP contribution in [0.2, 0.25) is 0 Å². The third-order valence-electron chi connectivity index (χ3n) is 3.85. The van der Waals surface area contributed by atoms with E-state index in [1.807, 2.05) is 17.9 Å². The van der Waals surface area contributed by atoms with Crippen molar-refractivity contribution in [2.45, 2.75) is 45.8 Å². The number of anilines is 1. The van der Waals surface area contributed by atoms with Crippen LogP contribution >= 0.6 is 0 Å². The van der Waals surface area contributed by atoms with Crippen molar-refractivity contribution in [3.05, 3.63) is 41.2 Å². The second kappa shape index (κ2) is 5.10. The standard InChI is InChI=1S/C17H23N3O/c1-5-14-15(11-20(4)19-14)18-10-12-6-7-16-13(8-12)9-17(2,3)21-16/h6-8,11,18H,5,9-10H2,1-4H3. The molecule has 1 aromatic heterocycles. The molecule has 21 heavy (non-hydrogen) atoms. The van der Waals surface area contributed by atoms with Gasteiger partial charge in [0, 0.05) is 26.2 Å². The highest BCUT2D eigenvalue weighted by Crippen LogP contribution is 2.35. The van der Waals surface area contributed by atoms with Crippen LogP contribution in [0.25, 0.3) is 0 Å². The highest BCUT2D eigenvalue weighted by molar-refractivity contribution is 5.48. The Bertz CT molecular complexity index is 658. The average molecular weight is 285 g/mol. The van der Waals surface area contributed by atoms with Crippen molar-refractivity contribution in [1.29, 1.82) is 0 Å². The molecule has 0 unspecified atom stereocenters. The maximum Gasteiger partial charge on any atom is 0.123 e. The summed E-state index contributed by atoms with van der Waals surface area (Å²) in [6.07, 6.45) is 3.96. The zero-order chi connectivity index (χ0) is 15.0. The third kappa shape index (κ3) is 2.89. The van der Waals surface area contributed by atoms with Gasteiger partial charge in [-0.15, -0.1) is 0 Å². The molecule has 0 spiro atoms. The Kier molecular flexibility index (Phi) is 3.40. The Morgan fingerprint density at radius 3 is 2.95 bits per heavy atom. The van der Waals surface area contributed by atoms with Crippen molar-refractivity contribution in [3.63, 3.8) is 0 Å². The molecule has 112 valence electrons. The number of aromatic nitrogens is 2. The molecule has 1 aliphatic rings. The van der Waals surface area contributed by atoms with Gasteiger partial charge in [-0.2, -0.15) is 5.10 Å². The Morgan fingerprint density at radius 2 is 2.19 bits per heavy atom. The quantitative estimate of drug-likeness (QED) is 0.936. The molecule has 1 aliphatic heterocycles. The monoisotopic (exact) mass is 285 g/mol. The summed E-state index contributed by atoms with van der Waals surface area (Å²) in [5, 5.41) is 7.94. The molecule has 4 nitrogen and oxygen atoms in total. The Balaban J connectivity index is 1.72. The number of rotatable bonds is 4. The summed E-state index contributed by atoms with van der Waals surface area (Å²) < 4.78 is 7.78. The van der Waals surface area contributed by atoms with Crippen molar-refractivity contribution >= 4 is 5.69 Å². The summed E-state index contributed by atoms with van der Waals surface area (Å²) >= 11 is 0. The number of nitrogens with zero attached hydrogens (tertiary/aromatic N) is 2. The third-order valence-corrected chi connectivity index (χ3v) is 3.85. The predicted molar refractivity (Wildman–Crippen MR) is 84.8 cm³/mol. The maximum absolute atomic E-state index is 5.92. The lowest BCUT2D eigenvalue weighted by Gasteiger charge is -2.16. The molecule has 2 heterocycles. The van der Waals surface area contributed by atoms with Gasteiger partial charge in [0.05, 0.1) is 11.4 Å². The molecule has 2 aromatic rings. The van der Waals surface area contributed by atoms with Crippen molar-refractivity contribution in [3.8, 4) is 5.75 Å². The van der Waals surface area contributed by atoms with Crippen LogP contribution in [-0.4, -0.2) is 15.4 Å². The fourth-order valence-corrected chi connectivity index (χ4v) is 2.91. The van der Waals surface area contributed by atoms with Gasteiger partial charge in [-0.25, -0.2) is 0 Å². The molecule has 0 radical (unpaired) electrons. The molecule has 1 N–H and O–H groups in total. The lowest BCUT2D eigenvalue weighted by atomic mass is 10.0. The first-order valence-electron chi connectivity index (χ1n) is 7.54.